The monoisotopic (exact) mass is 373 g/mol. The number of piperidine rings is 1. The molecule has 0 radical (unpaired) electrons. The van der Waals surface area contributed by atoms with Crippen LogP contribution in [0, 0.1) is 11.8 Å². The minimum Gasteiger partial charge on any atom is -0.379 e. The van der Waals surface area contributed by atoms with Gasteiger partial charge in [0.2, 0.25) is 17.7 Å². The number of fused-ring (bicyclic) bond motifs is 1. The van der Waals surface area contributed by atoms with Crippen molar-refractivity contribution >= 4 is 23.4 Å². The number of nitrogens with zero attached hydrogens (tertiary/aromatic N) is 1. The highest BCUT2D eigenvalue weighted by Gasteiger charge is 2.49. The molecule has 9 heteroatoms. The smallest absolute Gasteiger partial charge is 0.229 e. The Morgan fingerprint density at radius 3 is 2.59 bits per heavy atom. The lowest BCUT2D eigenvalue weighted by molar-refractivity contribution is -0.148. The summed E-state index contributed by atoms with van der Waals surface area (Å²) in [7, 11) is 0. The summed E-state index contributed by atoms with van der Waals surface area (Å²) < 4.78 is 5.34. The minimum absolute atomic E-state index is 0.0167. The van der Waals surface area contributed by atoms with Gasteiger partial charge in [0.05, 0.1) is 31.2 Å². The van der Waals surface area contributed by atoms with Crippen LogP contribution in [0.4, 0.5) is 5.69 Å². The van der Waals surface area contributed by atoms with E-state index >= 15 is 0 Å². The van der Waals surface area contributed by atoms with E-state index in [0.29, 0.717) is 32.0 Å². The van der Waals surface area contributed by atoms with Crippen LogP contribution in [0.1, 0.15) is 6.42 Å². The molecule has 4 unspecified atom stereocenters. The van der Waals surface area contributed by atoms with E-state index in [1.807, 2.05) is 18.2 Å². The number of hydrogen-bond donors (Lipinski definition) is 4. The van der Waals surface area contributed by atoms with Crippen LogP contribution in [0.15, 0.2) is 30.3 Å². The van der Waals surface area contributed by atoms with Crippen LogP contribution in [-0.2, 0) is 19.1 Å². The van der Waals surface area contributed by atoms with E-state index in [2.05, 4.69) is 26.2 Å². The second-order valence-electron chi connectivity index (χ2n) is 6.96. The van der Waals surface area contributed by atoms with Crippen LogP contribution < -0.4 is 21.3 Å². The Balaban J connectivity index is 1.49. The molecule has 3 fully saturated rings. The number of carbonyl (C=O) groups excluding carboxylic acids is 3. The van der Waals surface area contributed by atoms with Gasteiger partial charge in [0.25, 0.3) is 0 Å². The molecule has 0 bridgehead atoms. The van der Waals surface area contributed by atoms with Crippen molar-refractivity contribution < 1.29 is 19.1 Å². The normalized spacial score (nSPS) is 31.4. The van der Waals surface area contributed by atoms with Crippen molar-refractivity contribution in [3.8, 4) is 0 Å². The Labute approximate surface area is 156 Å². The van der Waals surface area contributed by atoms with Crippen LogP contribution in [0.2, 0.25) is 0 Å². The predicted molar refractivity (Wildman–Crippen MR) is 96.1 cm³/mol. The second-order valence-corrected chi connectivity index (χ2v) is 6.96. The summed E-state index contributed by atoms with van der Waals surface area (Å²) in [5.74, 6) is -2.20. The fourth-order valence-electron chi connectivity index (χ4n) is 3.85. The Morgan fingerprint density at radius 2 is 1.85 bits per heavy atom. The number of amides is 3. The maximum atomic E-state index is 12.8. The summed E-state index contributed by atoms with van der Waals surface area (Å²) in [5.41, 5.74) is 0.639. The largest absolute Gasteiger partial charge is 0.379 e. The van der Waals surface area contributed by atoms with Crippen LogP contribution >= 0.6 is 0 Å². The summed E-state index contributed by atoms with van der Waals surface area (Å²) >= 11 is 0. The fourth-order valence-corrected chi connectivity index (χ4v) is 3.85. The van der Waals surface area contributed by atoms with Crippen molar-refractivity contribution in [2.45, 2.75) is 18.9 Å². The molecule has 3 saturated heterocycles. The molecule has 4 atom stereocenters. The third kappa shape index (κ3) is 3.80. The third-order valence-electron chi connectivity index (χ3n) is 5.22. The van der Waals surface area contributed by atoms with Crippen LogP contribution in [0.3, 0.4) is 0 Å². The maximum Gasteiger partial charge on any atom is 0.229 e. The van der Waals surface area contributed by atoms with E-state index in [4.69, 9.17) is 4.74 Å². The molecular weight excluding hydrogens is 350 g/mol. The predicted octanol–water partition coefficient (Wildman–Crippen LogP) is -0.961. The number of rotatable bonds is 3. The lowest BCUT2D eigenvalue weighted by atomic mass is 9.81. The number of hydrogen-bond acceptors (Lipinski definition) is 6. The molecule has 0 aromatic heterocycles. The molecule has 3 aliphatic heterocycles. The first-order valence-electron chi connectivity index (χ1n) is 9.15. The topological polar surface area (TPSA) is 112 Å². The molecule has 0 saturated carbocycles. The number of carbonyl (C=O) groups is 3. The number of ether oxygens (including phenoxy) is 1. The molecule has 3 heterocycles. The highest BCUT2D eigenvalue weighted by atomic mass is 16.5. The van der Waals surface area contributed by atoms with Crippen molar-refractivity contribution in [1.82, 2.24) is 20.9 Å². The van der Waals surface area contributed by atoms with Gasteiger partial charge < -0.3 is 20.7 Å². The van der Waals surface area contributed by atoms with Crippen molar-refractivity contribution in [3.63, 3.8) is 0 Å². The SMILES string of the molecule is O=C1CC(C(=O)Nc2ccccc2)C2C(=O)NC(N3CCOCC3)NC2N1. The van der Waals surface area contributed by atoms with Crippen molar-refractivity contribution in [3.05, 3.63) is 30.3 Å². The van der Waals surface area contributed by atoms with E-state index < -0.39 is 18.0 Å². The molecule has 4 rings (SSSR count). The quantitative estimate of drug-likeness (QED) is 0.543. The fraction of sp³-hybridized carbons (Fsp3) is 0.500. The number of para-hydroxylation sites is 1. The van der Waals surface area contributed by atoms with Gasteiger partial charge in [-0.2, -0.15) is 0 Å². The van der Waals surface area contributed by atoms with Crippen molar-refractivity contribution in [2.24, 2.45) is 11.8 Å². The second kappa shape index (κ2) is 7.63. The lowest BCUT2D eigenvalue weighted by Crippen LogP contribution is -2.74. The van der Waals surface area contributed by atoms with Gasteiger partial charge in [-0.05, 0) is 12.1 Å². The highest BCUT2D eigenvalue weighted by Crippen LogP contribution is 2.28. The molecule has 9 nitrogen and oxygen atoms in total. The number of morpholine rings is 1. The lowest BCUT2D eigenvalue weighted by Gasteiger charge is -2.46. The average molecular weight is 373 g/mol. The van der Waals surface area contributed by atoms with Gasteiger partial charge in [-0.25, -0.2) is 0 Å². The number of nitrogens with one attached hydrogen (secondary N) is 4. The molecule has 1 aromatic carbocycles. The molecule has 0 spiro atoms. The van der Waals surface area contributed by atoms with Gasteiger partial charge >= 0.3 is 0 Å². The van der Waals surface area contributed by atoms with Gasteiger partial charge in [-0.3, -0.25) is 24.6 Å². The van der Waals surface area contributed by atoms with Gasteiger partial charge in [0.1, 0.15) is 6.29 Å². The van der Waals surface area contributed by atoms with E-state index in [9.17, 15) is 14.4 Å². The molecular formula is C18H23N5O4. The van der Waals surface area contributed by atoms with Gasteiger partial charge in [0, 0.05) is 25.2 Å². The van der Waals surface area contributed by atoms with Gasteiger partial charge in [0.15, 0.2) is 0 Å². The Morgan fingerprint density at radius 1 is 1.11 bits per heavy atom. The Bertz CT molecular complexity index is 722. The molecule has 144 valence electrons. The first kappa shape index (κ1) is 17.9. The van der Waals surface area contributed by atoms with E-state index in [-0.39, 0.29) is 30.4 Å². The summed E-state index contributed by atoms with van der Waals surface area (Å²) in [4.78, 5) is 39.8. The third-order valence-corrected chi connectivity index (χ3v) is 5.22. The molecule has 0 aliphatic carbocycles. The van der Waals surface area contributed by atoms with E-state index in [0.717, 1.165) is 0 Å². The van der Waals surface area contributed by atoms with Gasteiger partial charge in [-0.1, -0.05) is 18.2 Å². The Hall–Kier alpha value is -2.49. The van der Waals surface area contributed by atoms with E-state index in [1.54, 1.807) is 12.1 Å². The molecule has 4 N–H and O–H groups in total. The van der Waals surface area contributed by atoms with Crippen LogP contribution in [0.25, 0.3) is 0 Å². The standard InChI is InChI=1S/C18H23N5O4/c24-13-10-12(16(25)19-11-4-2-1-3-5-11)14-15(20-13)21-18(22-17(14)26)23-6-8-27-9-7-23/h1-5,12,14-15,18,21H,6-10H2,(H,19,25)(H,20,24)(H,22,26). The van der Waals surface area contributed by atoms with Crippen LogP contribution in [0.5, 0.6) is 0 Å². The van der Waals surface area contributed by atoms with E-state index in [1.165, 1.54) is 0 Å². The van der Waals surface area contributed by atoms with Crippen LogP contribution in [-0.4, -0.2) is 61.4 Å². The minimum atomic E-state index is -0.734. The zero-order valence-corrected chi connectivity index (χ0v) is 14.8. The summed E-state index contributed by atoms with van der Waals surface area (Å²) in [6, 6.07) is 9.02. The first-order chi connectivity index (χ1) is 13.1. The number of anilines is 1. The molecule has 1 aromatic rings. The molecule has 27 heavy (non-hydrogen) atoms. The van der Waals surface area contributed by atoms with Gasteiger partial charge in [-0.15, -0.1) is 0 Å². The Kier molecular flexibility index (Phi) is 5.06. The molecule has 3 amide bonds. The molecule has 3 aliphatic rings. The summed E-state index contributed by atoms with van der Waals surface area (Å²) in [6.45, 7) is 2.55. The van der Waals surface area contributed by atoms with Crippen molar-refractivity contribution in [2.75, 3.05) is 31.6 Å². The maximum absolute atomic E-state index is 12.8. The first-order valence-corrected chi connectivity index (χ1v) is 9.15. The number of benzene rings is 1. The zero-order valence-electron chi connectivity index (χ0n) is 14.8. The summed E-state index contributed by atoms with van der Waals surface area (Å²) in [5, 5.41) is 11.8. The van der Waals surface area contributed by atoms with Crippen molar-refractivity contribution in [1.29, 1.82) is 0 Å². The zero-order chi connectivity index (χ0) is 18.8. The summed E-state index contributed by atoms with van der Waals surface area (Å²) in [6.07, 6.45) is -0.991. The average Bonchev–Trinajstić information content (AvgIpc) is 2.68. The highest BCUT2D eigenvalue weighted by molar-refractivity contribution is 6.00.